The highest BCUT2D eigenvalue weighted by Gasteiger charge is 2.33. The van der Waals surface area contributed by atoms with Crippen molar-refractivity contribution in [2.75, 3.05) is 0 Å². The molecular weight excluding hydrogens is 232 g/mol. The Hall–Kier alpha value is -1.39. The van der Waals surface area contributed by atoms with Gasteiger partial charge in [-0.15, -0.1) is 0 Å². The van der Waals surface area contributed by atoms with Crippen LogP contribution in [0.4, 0.5) is 0 Å². The van der Waals surface area contributed by atoms with Crippen LogP contribution in [0.1, 0.15) is 17.2 Å². The minimum atomic E-state index is -1.55. The van der Waals surface area contributed by atoms with Gasteiger partial charge in [0.1, 0.15) is 0 Å². The largest absolute Gasteiger partial charge is 0.848 e. The smallest absolute Gasteiger partial charge is 0.372 e. The van der Waals surface area contributed by atoms with Crippen molar-refractivity contribution in [3.63, 3.8) is 0 Å². The summed E-state index contributed by atoms with van der Waals surface area (Å²) in [6.07, 6.45) is -1.13. The number of carbonyl (C=O) groups excluding carboxylic acids is 1. The first kappa shape index (κ1) is 11.1. The van der Waals surface area contributed by atoms with E-state index in [0.29, 0.717) is 16.1 Å². The minimum absolute atomic E-state index is 0.162. The molecule has 0 aliphatic heterocycles. The first-order chi connectivity index (χ1) is 7.50. The molecule has 0 fully saturated rings. The molecule has 2 atom stereocenters. The Labute approximate surface area is 96.5 Å². The maximum Gasteiger partial charge on any atom is 0.372 e. The Balaban J connectivity index is 2.34. The summed E-state index contributed by atoms with van der Waals surface area (Å²) in [5.74, 6) is -3.58. The minimum Gasteiger partial charge on any atom is -0.848 e. The predicted octanol–water partition coefficient (Wildman–Crippen LogP) is 0.567. The third-order valence-corrected chi connectivity index (χ3v) is 3.00. The summed E-state index contributed by atoms with van der Waals surface area (Å²) >= 11 is 5.76. The third-order valence-electron chi connectivity index (χ3n) is 2.76. The second kappa shape index (κ2) is 3.88. The first-order valence-electron chi connectivity index (χ1n) is 4.72. The molecule has 1 aliphatic carbocycles. The summed E-state index contributed by atoms with van der Waals surface area (Å²) < 4.78 is 0. The van der Waals surface area contributed by atoms with Crippen molar-refractivity contribution in [3.8, 4) is 0 Å². The Morgan fingerprint density at radius 1 is 1.44 bits per heavy atom. The zero-order valence-electron chi connectivity index (χ0n) is 8.14. The quantitative estimate of drug-likeness (QED) is 0.766. The van der Waals surface area contributed by atoms with Crippen LogP contribution in [0.15, 0.2) is 18.2 Å². The molecule has 4 nitrogen and oxygen atoms in total. The number of aliphatic carboxylic acids is 1. The van der Waals surface area contributed by atoms with Gasteiger partial charge in [-0.05, 0) is 24.1 Å². The van der Waals surface area contributed by atoms with Gasteiger partial charge in [0.15, 0.2) is 0 Å². The highest BCUT2D eigenvalue weighted by molar-refractivity contribution is 6.34. The maximum absolute atomic E-state index is 11.8. The van der Waals surface area contributed by atoms with Gasteiger partial charge in [-0.3, -0.25) is 4.79 Å². The summed E-state index contributed by atoms with van der Waals surface area (Å²) in [6.45, 7) is 0. The van der Waals surface area contributed by atoms with E-state index in [4.69, 9.17) is 16.7 Å². The lowest BCUT2D eigenvalue weighted by atomic mass is 9.98. The van der Waals surface area contributed by atoms with Crippen LogP contribution in [-0.2, 0) is 16.0 Å². The molecule has 1 aliphatic rings. The first-order valence-corrected chi connectivity index (χ1v) is 5.10. The summed E-state index contributed by atoms with van der Waals surface area (Å²) in [5.41, 5.74) is 1.15. The molecule has 84 valence electrons. The van der Waals surface area contributed by atoms with Crippen LogP contribution in [0.2, 0.25) is 5.02 Å². The molecule has 1 aromatic rings. The molecule has 0 bridgehead atoms. The van der Waals surface area contributed by atoms with Gasteiger partial charge in [-0.1, -0.05) is 29.3 Å². The molecule has 2 unspecified atom stereocenters. The molecule has 1 N–H and O–H groups in total. The standard InChI is InChI=1S/C11H8ClO4/c12-6-1-2-7-5(3-6)4-8(9(7)13)10(14)11(15)16/h1-3,8-9H,4H2,(H,15,16)/q-1. The van der Waals surface area contributed by atoms with Crippen molar-refractivity contribution in [1.29, 1.82) is 0 Å². The fourth-order valence-electron chi connectivity index (χ4n) is 1.98. The fraction of sp³-hybridized carbons (Fsp3) is 0.273. The van der Waals surface area contributed by atoms with Crippen LogP contribution >= 0.6 is 11.6 Å². The Morgan fingerprint density at radius 2 is 2.12 bits per heavy atom. The number of fused-ring (bicyclic) bond motifs is 1. The Morgan fingerprint density at radius 3 is 2.75 bits per heavy atom. The van der Waals surface area contributed by atoms with E-state index < -0.39 is 23.8 Å². The van der Waals surface area contributed by atoms with Crippen molar-refractivity contribution < 1.29 is 19.8 Å². The number of carboxylic acid groups (broad SMARTS) is 1. The Kier molecular flexibility index (Phi) is 2.69. The van der Waals surface area contributed by atoms with Crippen molar-refractivity contribution in [3.05, 3.63) is 34.3 Å². The van der Waals surface area contributed by atoms with E-state index >= 15 is 0 Å². The van der Waals surface area contributed by atoms with E-state index in [1.807, 2.05) is 0 Å². The lowest BCUT2D eigenvalue weighted by Crippen LogP contribution is -2.32. The highest BCUT2D eigenvalue weighted by Crippen LogP contribution is 2.35. The SMILES string of the molecule is O=C(O)C(=O)C1Cc2cc(Cl)ccc2C1[O-]. The maximum atomic E-state index is 11.8. The number of hydrogen-bond donors (Lipinski definition) is 1. The molecular formula is C11H8ClO4-. The van der Waals surface area contributed by atoms with Gasteiger partial charge >= 0.3 is 5.97 Å². The molecule has 0 radical (unpaired) electrons. The number of ketones is 1. The average molecular weight is 240 g/mol. The van der Waals surface area contributed by atoms with E-state index in [9.17, 15) is 14.7 Å². The highest BCUT2D eigenvalue weighted by atomic mass is 35.5. The lowest BCUT2D eigenvalue weighted by Gasteiger charge is -2.22. The van der Waals surface area contributed by atoms with Crippen LogP contribution < -0.4 is 5.11 Å². The molecule has 1 aromatic carbocycles. The van der Waals surface area contributed by atoms with E-state index in [1.165, 1.54) is 0 Å². The molecule has 2 rings (SSSR count). The van der Waals surface area contributed by atoms with Gasteiger partial charge in [0, 0.05) is 10.9 Å². The van der Waals surface area contributed by atoms with E-state index in [2.05, 4.69) is 0 Å². The molecule has 0 saturated carbocycles. The zero-order chi connectivity index (χ0) is 11.9. The van der Waals surface area contributed by atoms with Crippen molar-refractivity contribution >= 4 is 23.4 Å². The van der Waals surface area contributed by atoms with E-state index in [0.717, 1.165) is 0 Å². The number of carboxylic acids is 1. The average Bonchev–Trinajstić information content (AvgIpc) is 2.54. The monoisotopic (exact) mass is 239 g/mol. The van der Waals surface area contributed by atoms with Gasteiger partial charge in [-0.2, -0.15) is 0 Å². The molecule has 0 aromatic heterocycles. The van der Waals surface area contributed by atoms with Gasteiger partial charge in [0.05, 0.1) is 0 Å². The molecule has 5 heteroatoms. The van der Waals surface area contributed by atoms with Gasteiger partial charge in [0.2, 0.25) is 5.78 Å². The summed E-state index contributed by atoms with van der Waals surface area (Å²) in [7, 11) is 0. The Bertz CT molecular complexity index is 469. The fourth-order valence-corrected chi connectivity index (χ4v) is 2.17. The number of Topliss-reactive ketones (excluding diaryl/α,β-unsaturated/α-hetero) is 1. The van der Waals surface area contributed by atoms with Crippen molar-refractivity contribution in [2.45, 2.75) is 12.5 Å². The molecule has 0 saturated heterocycles. The van der Waals surface area contributed by atoms with Gasteiger partial charge in [0.25, 0.3) is 0 Å². The van der Waals surface area contributed by atoms with Gasteiger partial charge < -0.3 is 10.2 Å². The predicted molar refractivity (Wildman–Crippen MR) is 54.0 cm³/mol. The second-order valence-corrected chi connectivity index (χ2v) is 4.18. The van der Waals surface area contributed by atoms with Crippen molar-refractivity contribution in [1.82, 2.24) is 0 Å². The third kappa shape index (κ3) is 1.70. The summed E-state index contributed by atoms with van der Waals surface area (Å²) in [4.78, 5) is 21.8. The summed E-state index contributed by atoms with van der Waals surface area (Å²) in [5, 5.41) is 20.9. The molecule has 16 heavy (non-hydrogen) atoms. The number of benzene rings is 1. The van der Waals surface area contributed by atoms with Crippen LogP contribution in [0, 0.1) is 5.92 Å². The number of rotatable bonds is 2. The van der Waals surface area contributed by atoms with Crippen molar-refractivity contribution in [2.24, 2.45) is 5.92 Å². The van der Waals surface area contributed by atoms with Crippen LogP contribution in [0.5, 0.6) is 0 Å². The summed E-state index contributed by atoms with van der Waals surface area (Å²) in [6, 6.07) is 4.74. The molecule has 0 spiro atoms. The normalized spacial score (nSPS) is 22.9. The second-order valence-electron chi connectivity index (χ2n) is 3.74. The van der Waals surface area contributed by atoms with Crippen LogP contribution in [-0.4, -0.2) is 16.9 Å². The molecule has 0 amide bonds. The van der Waals surface area contributed by atoms with Crippen LogP contribution in [0.3, 0.4) is 0 Å². The lowest BCUT2D eigenvalue weighted by molar-refractivity contribution is -0.433. The van der Waals surface area contributed by atoms with E-state index in [-0.39, 0.29) is 6.42 Å². The van der Waals surface area contributed by atoms with E-state index in [1.54, 1.807) is 18.2 Å². The number of carbonyl (C=O) groups is 2. The number of halogens is 1. The van der Waals surface area contributed by atoms with Gasteiger partial charge in [-0.25, -0.2) is 4.79 Å². The molecule has 0 heterocycles. The zero-order valence-corrected chi connectivity index (χ0v) is 8.90. The number of hydrogen-bond acceptors (Lipinski definition) is 3. The topological polar surface area (TPSA) is 77.4 Å². The van der Waals surface area contributed by atoms with Crippen LogP contribution in [0.25, 0.3) is 0 Å².